The van der Waals surface area contributed by atoms with Crippen molar-refractivity contribution in [2.24, 2.45) is 0 Å². The van der Waals surface area contributed by atoms with Crippen LogP contribution in [0.3, 0.4) is 0 Å². The third-order valence-corrected chi connectivity index (χ3v) is 3.82. The zero-order valence-corrected chi connectivity index (χ0v) is 10.6. The second kappa shape index (κ2) is 5.43. The number of hydrogen-bond donors (Lipinski definition) is 1. The summed E-state index contributed by atoms with van der Waals surface area (Å²) in [6, 6.07) is 6.49. The molecule has 0 fully saturated rings. The second-order valence-corrected chi connectivity index (χ2v) is 4.97. The van der Waals surface area contributed by atoms with Crippen LogP contribution < -0.4 is 5.32 Å². The maximum Gasteiger partial charge on any atom is 0.0634 e. The van der Waals surface area contributed by atoms with E-state index < -0.39 is 0 Å². The molecule has 0 unspecified atom stereocenters. The molecule has 2 heterocycles. The van der Waals surface area contributed by atoms with Crippen LogP contribution in [0.5, 0.6) is 0 Å². The highest BCUT2D eigenvalue weighted by atomic mass is 35.5. The van der Waals surface area contributed by atoms with E-state index in [-0.39, 0.29) is 0 Å². The summed E-state index contributed by atoms with van der Waals surface area (Å²) < 4.78 is 0. The van der Waals surface area contributed by atoms with Gasteiger partial charge < -0.3 is 5.32 Å². The molecule has 16 heavy (non-hydrogen) atoms. The summed E-state index contributed by atoms with van der Waals surface area (Å²) in [5.41, 5.74) is 1.08. The van der Waals surface area contributed by atoms with Crippen molar-refractivity contribution in [2.45, 2.75) is 19.5 Å². The summed E-state index contributed by atoms with van der Waals surface area (Å²) in [5, 5.41) is 6.25. The van der Waals surface area contributed by atoms with E-state index in [1.807, 2.05) is 6.07 Å². The lowest BCUT2D eigenvalue weighted by atomic mass is 10.2. The highest BCUT2D eigenvalue weighted by Gasteiger charge is 2.06. The lowest BCUT2D eigenvalue weighted by Crippen LogP contribution is -2.17. The van der Waals surface area contributed by atoms with Crippen LogP contribution in [0, 0.1) is 0 Å². The summed E-state index contributed by atoms with van der Waals surface area (Å²) in [6.07, 6.45) is 3.44. The van der Waals surface area contributed by atoms with Gasteiger partial charge in [0.25, 0.3) is 0 Å². The van der Waals surface area contributed by atoms with Gasteiger partial charge in [-0.15, -0.1) is 11.3 Å². The van der Waals surface area contributed by atoms with Gasteiger partial charge >= 0.3 is 0 Å². The second-order valence-electron chi connectivity index (χ2n) is 3.59. The molecule has 0 saturated heterocycles. The Kier molecular flexibility index (Phi) is 3.93. The van der Waals surface area contributed by atoms with Crippen molar-refractivity contribution in [3.8, 4) is 0 Å². The summed E-state index contributed by atoms with van der Waals surface area (Å²) in [5.74, 6) is 0. The van der Waals surface area contributed by atoms with Gasteiger partial charge in [0, 0.05) is 29.9 Å². The fraction of sp³-hybridized carbons (Fsp3) is 0.250. The molecule has 0 spiro atoms. The van der Waals surface area contributed by atoms with E-state index in [1.54, 1.807) is 23.7 Å². The minimum absolute atomic E-state index is 0.351. The van der Waals surface area contributed by atoms with E-state index >= 15 is 0 Å². The third kappa shape index (κ3) is 2.82. The van der Waals surface area contributed by atoms with E-state index in [4.69, 9.17) is 11.6 Å². The van der Waals surface area contributed by atoms with E-state index in [0.717, 1.165) is 12.1 Å². The van der Waals surface area contributed by atoms with Crippen molar-refractivity contribution in [2.75, 3.05) is 0 Å². The Balaban J connectivity index is 1.95. The number of hydrogen-bond acceptors (Lipinski definition) is 3. The van der Waals surface area contributed by atoms with Crippen molar-refractivity contribution in [1.29, 1.82) is 0 Å². The summed E-state index contributed by atoms with van der Waals surface area (Å²) >= 11 is 7.80. The largest absolute Gasteiger partial charge is 0.305 e. The van der Waals surface area contributed by atoms with Crippen LogP contribution in [0.4, 0.5) is 0 Å². The Labute approximate surface area is 104 Å². The van der Waals surface area contributed by atoms with Crippen molar-refractivity contribution < 1.29 is 0 Å². The summed E-state index contributed by atoms with van der Waals surface area (Å²) in [4.78, 5) is 5.30. The van der Waals surface area contributed by atoms with Gasteiger partial charge in [-0.2, -0.15) is 0 Å². The topological polar surface area (TPSA) is 24.9 Å². The Bertz CT molecular complexity index is 442. The first kappa shape index (κ1) is 11.6. The molecule has 0 aromatic carbocycles. The van der Waals surface area contributed by atoms with Gasteiger partial charge in [-0.3, -0.25) is 4.98 Å². The minimum Gasteiger partial charge on any atom is -0.305 e. The zero-order valence-electron chi connectivity index (χ0n) is 8.98. The molecule has 0 aliphatic carbocycles. The first-order valence-corrected chi connectivity index (χ1v) is 6.38. The molecular formula is C12H13ClN2S. The number of rotatable bonds is 4. The highest BCUT2D eigenvalue weighted by molar-refractivity contribution is 7.10. The Morgan fingerprint density at radius 2 is 2.38 bits per heavy atom. The average Bonchev–Trinajstić information content (AvgIpc) is 2.81. The number of nitrogens with zero attached hydrogens (tertiary/aromatic N) is 1. The number of halogens is 1. The van der Waals surface area contributed by atoms with Gasteiger partial charge in [-0.25, -0.2) is 0 Å². The number of pyridine rings is 1. The standard InChI is InChI=1S/C12H13ClN2S/c1-9(12-3-2-6-16-12)15-7-10-4-5-14-8-11(10)13/h2-6,8-9,15H,7H2,1H3/t9-/m0/s1. The van der Waals surface area contributed by atoms with Gasteiger partial charge in [0.2, 0.25) is 0 Å². The highest BCUT2D eigenvalue weighted by Crippen LogP contribution is 2.20. The molecule has 84 valence electrons. The molecule has 0 amide bonds. The SMILES string of the molecule is C[C@H](NCc1ccncc1Cl)c1cccs1. The monoisotopic (exact) mass is 252 g/mol. The van der Waals surface area contributed by atoms with Crippen molar-refractivity contribution in [3.05, 3.63) is 51.4 Å². The average molecular weight is 253 g/mol. The Morgan fingerprint density at radius 3 is 3.06 bits per heavy atom. The first-order chi connectivity index (χ1) is 7.77. The summed E-state index contributed by atoms with van der Waals surface area (Å²) in [6.45, 7) is 2.92. The Hall–Kier alpha value is -0.900. The van der Waals surface area contributed by atoms with Crippen molar-refractivity contribution >= 4 is 22.9 Å². The van der Waals surface area contributed by atoms with Gasteiger partial charge in [0.1, 0.15) is 0 Å². The molecule has 0 aliphatic heterocycles. The first-order valence-electron chi connectivity index (χ1n) is 5.12. The fourth-order valence-corrected chi connectivity index (χ4v) is 2.39. The van der Waals surface area contributed by atoms with E-state index in [2.05, 4.69) is 34.7 Å². The fourth-order valence-electron chi connectivity index (χ4n) is 1.45. The van der Waals surface area contributed by atoms with Crippen molar-refractivity contribution in [1.82, 2.24) is 10.3 Å². The molecular weight excluding hydrogens is 240 g/mol. The van der Waals surface area contributed by atoms with Crippen LogP contribution in [-0.2, 0) is 6.54 Å². The lowest BCUT2D eigenvalue weighted by molar-refractivity contribution is 0.582. The Morgan fingerprint density at radius 1 is 1.50 bits per heavy atom. The minimum atomic E-state index is 0.351. The van der Waals surface area contributed by atoms with Gasteiger partial charge in [-0.1, -0.05) is 17.7 Å². The predicted molar refractivity (Wildman–Crippen MR) is 68.8 cm³/mol. The molecule has 0 radical (unpaired) electrons. The molecule has 0 bridgehead atoms. The number of nitrogens with one attached hydrogen (secondary N) is 1. The van der Waals surface area contributed by atoms with E-state index in [9.17, 15) is 0 Å². The van der Waals surface area contributed by atoms with Gasteiger partial charge in [0.05, 0.1) is 5.02 Å². The molecule has 2 aromatic rings. The van der Waals surface area contributed by atoms with Crippen LogP contribution in [-0.4, -0.2) is 4.98 Å². The van der Waals surface area contributed by atoms with Crippen LogP contribution in [0.25, 0.3) is 0 Å². The molecule has 2 nitrogen and oxygen atoms in total. The third-order valence-electron chi connectivity index (χ3n) is 2.43. The van der Waals surface area contributed by atoms with Gasteiger partial charge in [0.15, 0.2) is 0 Å². The molecule has 1 atom stereocenters. The lowest BCUT2D eigenvalue weighted by Gasteiger charge is -2.12. The van der Waals surface area contributed by atoms with Crippen LogP contribution >= 0.6 is 22.9 Å². The number of thiophene rings is 1. The molecule has 0 saturated carbocycles. The molecule has 2 aromatic heterocycles. The maximum atomic E-state index is 6.03. The van der Waals surface area contributed by atoms with E-state index in [1.165, 1.54) is 4.88 Å². The van der Waals surface area contributed by atoms with Gasteiger partial charge in [-0.05, 0) is 30.0 Å². The van der Waals surface area contributed by atoms with Crippen LogP contribution in [0.2, 0.25) is 5.02 Å². The maximum absolute atomic E-state index is 6.03. The zero-order chi connectivity index (χ0) is 11.4. The smallest absolute Gasteiger partial charge is 0.0634 e. The predicted octanol–water partition coefficient (Wildman–Crippen LogP) is 3.65. The molecule has 4 heteroatoms. The summed E-state index contributed by atoms with van der Waals surface area (Å²) in [7, 11) is 0. The normalized spacial score (nSPS) is 12.6. The van der Waals surface area contributed by atoms with Crippen LogP contribution in [0.1, 0.15) is 23.4 Å². The molecule has 2 rings (SSSR count). The van der Waals surface area contributed by atoms with Crippen LogP contribution in [0.15, 0.2) is 36.0 Å². The number of aromatic nitrogens is 1. The molecule has 1 N–H and O–H groups in total. The van der Waals surface area contributed by atoms with E-state index in [0.29, 0.717) is 11.1 Å². The quantitative estimate of drug-likeness (QED) is 0.899. The van der Waals surface area contributed by atoms with Crippen molar-refractivity contribution in [3.63, 3.8) is 0 Å². The molecule has 0 aliphatic rings.